The van der Waals surface area contributed by atoms with E-state index >= 15 is 0 Å². The van der Waals surface area contributed by atoms with Gasteiger partial charge in [0.1, 0.15) is 19.8 Å². The predicted molar refractivity (Wildman–Crippen MR) is 252 cm³/mol. The summed E-state index contributed by atoms with van der Waals surface area (Å²) in [5, 5.41) is 0. The van der Waals surface area contributed by atoms with Crippen molar-refractivity contribution in [2.24, 2.45) is 0 Å². The molecule has 354 valence electrons. The van der Waals surface area contributed by atoms with Crippen LogP contribution < -0.4 is 0 Å². The first-order valence-corrected chi connectivity index (χ1v) is 26.6. The van der Waals surface area contributed by atoms with Crippen molar-refractivity contribution in [2.45, 2.75) is 238 Å². The zero-order valence-electron chi connectivity index (χ0n) is 40.0. The van der Waals surface area contributed by atoms with Crippen LogP contribution in [0.4, 0.5) is 0 Å². The van der Waals surface area contributed by atoms with Crippen molar-refractivity contribution in [1.29, 1.82) is 0 Å². The topological polar surface area (TPSA) is 108 Å². The van der Waals surface area contributed by atoms with Crippen molar-refractivity contribution >= 4 is 19.8 Å². The van der Waals surface area contributed by atoms with E-state index in [1.165, 1.54) is 167 Å². The molecule has 2 atom stereocenters. The van der Waals surface area contributed by atoms with Crippen molar-refractivity contribution in [3.63, 3.8) is 0 Å². The fraction of sp³-hybridized carbons (Fsp3) is 0.880. The Morgan fingerprint density at radius 2 is 0.850 bits per heavy atom. The normalized spacial score (nSPS) is 13.6. The summed E-state index contributed by atoms with van der Waals surface area (Å²) in [6, 6.07) is 0. The molecule has 0 heterocycles. The van der Waals surface area contributed by atoms with Gasteiger partial charge in [-0.2, -0.15) is 0 Å². The van der Waals surface area contributed by atoms with Gasteiger partial charge in [-0.15, -0.1) is 0 Å². The van der Waals surface area contributed by atoms with Crippen LogP contribution in [0.1, 0.15) is 232 Å². The molecule has 0 aliphatic heterocycles. The number of hydrogen-bond donors (Lipinski definition) is 1. The smallest absolute Gasteiger partial charge is 0.462 e. The van der Waals surface area contributed by atoms with Gasteiger partial charge in [-0.05, 0) is 64.2 Å². The monoisotopic (exact) mass is 871 g/mol. The van der Waals surface area contributed by atoms with Crippen LogP contribution in [-0.2, 0) is 32.7 Å². The molecule has 0 aromatic carbocycles. The fourth-order valence-corrected chi connectivity index (χ4v) is 7.75. The largest absolute Gasteiger partial charge is 0.472 e. The highest BCUT2D eigenvalue weighted by molar-refractivity contribution is 7.47. The van der Waals surface area contributed by atoms with Gasteiger partial charge in [0.15, 0.2) is 6.10 Å². The molecule has 1 N–H and O–H groups in total. The number of quaternary nitrogens is 1. The van der Waals surface area contributed by atoms with Gasteiger partial charge in [0, 0.05) is 12.8 Å². The van der Waals surface area contributed by atoms with Crippen LogP contribution in [-0.4, -0.2) is 74.9 Å². The van der Waals surface area contributed by atoms with Crippen LogP contribution >= 0.6 is 7.82 Å². The van der Waals surface area contributed by atoms with Gasteiger partial charge in [0.05, 0.1) is 27.7 Å². The Hall–Kier alpha value is -1.51. The molecule has 0 aliphatic carbocycles. The molecule has 1 unspecified atom stereocenters. The Labute approximate surface area is 370 Å². The molecule has 0 aromatic rings. The van der Waals surface area contributed by atoms with Gasteiger partial charge in [-0.1, -0.05) is 179 Å². The van der Waals surface area contributed by atoms with Gasteiger partial charge in [0.25, 0.3) is 0 Å². The number of hydrogen-bond acceptors (Lipinski definition) is 7. The summed E-state index contributed by atoms with van der Waals surface area (Å²) >= 11 is 0. The van der Waals surface area contributed by atoms with Crippen molar-refractivity contribution < 1.29 is 42.1 Å². The van der Waals surface area contributed by atoms with E-state index in [9.17, 15) is 19.0 Å². The van der Waals surface area contributed by atoms with Gasteiger partial charge in [-0.25, -0.2) is 4.57 Å². The van der Waals surface area contributed by atoms with Gasteiger partial charge >= 0.3 is 19.8 Å². The number of phosphoric acid groups is 1. The number of nitrogens with zero attached hydrogens (tertiary/aromatic N) is 1. The van der Waals surface area contributed by atoms with E-state index in [1.807, 2.05) is 21.1 Å². The zero-order valence-corrected chi connectivity index (χ0v) is 40.9. The zero-order chi connectivity index (χ0) is 44.3. The maximum atomic E-state index is 12.7. The standard InChI is InChI=1S/C50H96NO8P/c1-6-8-10-12-14-16-18-20-22-23-24-25-26-27-29-31-33-35-37-39-41-43-50(53)59-48(47-58-60(54,55)57-45-44-51(3,4)5)46-56-49(52)42-40-38-36-34-32-30-28-21-19-17-15-13-11-9-7-2/h17,19-20,22,48H,6-16,18,21,23-47H2,1-5H3/p+1/b19-17+,22-20+/t48-/m1/s1. The maximum Gasteiger partial charge on any atom is 0.472 e. The van der Waals surface area contributed by atoms with E-state index in [0.717, 1.165) is 32.1 Å². The van der Waals surface area contributed by atoms with E-state index in [4.69, 9.17) is 18.5 Å². The molecule has 0 radical (unpaired) electrons. The minimum absolute atomic E-state index is 0.0325. The number of esters is 2. The number of likely N-dealkylation sites (N-methyl/N-ethyl adjacent to an activating group) is 1. The van der Waals surface area contributed by atoms with E-state index in [1.54, 1.807) is 0 Å². The molecule has 9 nitrogen and oxygen atoms in total. The third-order valence-corrected chi connectivity index (χ3v) is 11.9. The molecule has 0 aliphatic rings. The van der Waals surface area contributed by atoms with Gasteiger partial charge in [0.2, 0.25) is 0 Å². The van der Waals surface area contributed by atoms with E-state index in [0.29, 0.717) is 17.4 Å². The van der Waals surface area contributed by atoms with Crippen molar-refractivity contribution in [2.75, 3.05) is 47.5 Å². The molecule has 0 fully saturated rings. The van der Waals surface area contributed by atoms with E-state index in [2.05, 4.69) is 38.2 Å². The molecule has 0 bridgehead atoms. The highest BCUT2D eigenvalue weighted by atomic mass is 31.2. The van der Waals surface area contributed by atoms with Crippen LogP contribution in [0.5, 0.6) is 0 Å². The van der Waals surface area contributed by atoms with Gasteiger partial charge in [-0.3, -0.25) is 18.6 Å². The molecule has 0 aromatic heterocycles. The number of phosphoric ester groups is 1. The molecular formula is C50H97NO8P+. The lowest BCUT2D eigenvalue weighted by atomic mass is 10.0. The molecule has 0 saturated carbocycles. The SMILES string of the molecule is CCCCCC/C=C/CCCCCCCCCC(=O)OC[C@H](COP(=O)(O)OCC[N+](C)(C)C)OC(=O)CCCCCCCCCCCCC/C=C/CCCCCCCC. The number of ether oxygens (including phenoxy) is 2. The minimum atomic E-state index is -4.38. The Bertz CT molecular complexity index is 1070. The number of carbonyl (C=O) groups excluding carboxylic acids is 2. The van der Waals surface area contributed by atoms with Gasteiger partial charge < -0.3 is 18.9 Å². The third kappa shape index (κ3) is 46.0. The van der Waals surface area contributed by atoms with Crippen molar-refractivity contribution in [3.8, 4) is 0 Å². The lowest BCUT2D eigenvalue weighted by molar-refractivity contribution is -0.870. The van der Waals surface area contributed by atoms with Crippen LogP contribution in [0.15, 0.2) is 24.3 Å². The number of unbranched alkanes of at least 4 members (excludes halogenated alkanes) is 28. The van der Waals surface area contributed by atoms with Crippen molar-refractivity contribution in [3.05, 3.63) is 24.3 Å². The van der Waals surface area contributed by atoms with Crippen LogP contribution in [0.25, 0.3) is 0 Å². The van der Waals surface area contributed by atoms with Crippen molar-refractivity contribution in [1.82, 2.24) is 0 Å². The summed E-state index contributed by atoms with van der Waals surface area (Å²) in [5.74, 6) is -0.796. The number of rotatable bonds is 46. The second kappa shape index (κ2) is 42.8. The molecule has 0 amide bonds. The fourth-order valence-electron chi connectivity index (χ4n) is 7.00. The van der Waals surface area contributed by atoms with Crippen LogP contribution in [0.3, 0.4) is 0 Å². The summed E-state index contributed by atoms with van der Waals surface area (Å²) in [6.07, 6.45) is 47.9. The summed E-state index contributed by atoms with van der Waals surface area (Å²) in [7, 11) is 1.48. The van der Waals surface area contributed by atoms with Crippen LogP contribution in [0, 0.1) is 0 Å². The first kappa shape index (κ1) is 58.5. The molecule has 0 saturated heterocycles. The molecule has 0 spiro atoms. The average Bonchev–Trinajstić information content (AvgIpc) is 3.20. The predicted octanol–water partition coefficient (Wildman–Crippen LogP) is 14.7. The van der Waals surface area contributed by atoms with Crippen LogP contribution in [0.2, 0.25) is 0 Å². The lowest BCUT2D eigenvalue weighted by Gasteiger charge is -2.24. The van der Waals surface area contributed by atoms with E-state index in [-0.39, 0.29) is 32.0 Å². The molecule has 60 heavy (non-hydrogen) atoms. The third-order valence-electron chi connectivity index (χ3n) is 11.0. The summed E-state index contributed by atoms with van der Waals surface area (Å²) < 4.78 is 34.4. The Kier molecular flexibility index (Phi) is 41.7. The Morgan fingerprint density at radius 1 is 0.500 bits per heavy atom. The summed E-state index contributed by atoms with van der Waals surface area (Å²) in [6.45, 7) is 4.43. The summed E-state index contributed by atoms with van der Waals surface area (Å²) in [5.41, 5.74) is 0. The summed E-state index contributed by atoms with van der Waals surface area (Å²) in [4.78, 5) is 35.5. The average molecular weight is 871 g/mol. The first-order chi connectivity index (χ1) is 29.0. The Morgan fingerprint density at radius 3 is 1.25 bits per heavy atom. The first-order valence-electron chi connectivity index (χ1n) is 25.1. The highest BCUT2D eigenvalue weighted by Gasteiger charge is 2.27. The second-order valence-corrected chi connectivity index (χ2v) is 19.6. The Balaban J connectivity index is 4.24. The minimum Gasteiger partial charge on any atom is -0.462 e. The quantitative estimate of drug-likeness (QED) is 0.0212. The van der Waals surface area contributed by atoms with E-state index < -0.39 is 26.5 Å². The molecular weight excluding hydrogens is 774 g/mol. The lowest BCUT2D eigenvalue weighted by Crippen LogP contribution is -2.37. The number of allylic oxidation sites excluding steroid dienone is 4. The molecule has 10 heteroatoms. The highest BCUT2D eigenvalue weighted by Crippen LogP contribution is 2.43. The number of carbonyl (C=O) groups is 2. The second-order valence-electron chi connectivity index (χ2n) is 18.2. The maximum absolute atomic E-state index is 12.7. The molecule has 0 rings (SSSR count).